The van der Waals surface area contributed by atoms with Crippen molar-refractivity contribution in [3.8, 4) is 17.5 Å². The maximum Gasteiger partial charge on any atom is 0.573 e. The average Bonchev–Trinajstić information content (AvgIpc) is 3.15. The van der Waals surface area contributed by atoms with Gasteiger partial charge in [0.2, 0.25) is 0 Å². The first-order chi connectivity index (χ1) is 17.1. The second kappa shape index (κ2) is 9.81. The van der Waals surface area contributed by atoms with Crippen LogP contribution in [0.4, 0.5) is 17.6 Å². The molecule has 14 heteroatoms. The Kier molecular flexibility index (Phi) is 6.79. The van der Waals surface area contributed by atoms with Crippen LogP contribution in [0.2, 0.25) is 0 Å². The molecule has 0 aliphatic heterocycles. The van der Waals surface area contributed by atoms with Crippen molar-refractivity contribution in [2.75, 3.05) is 6.61 Å². The van der Waals surface area contributed by atoms with Crippen LogP contribution in [0.3, 0.4) is 0 Å². The summed E-state index contributed by atoms with van der Waals surface area (Å²) in [5, 5.41) is 7.34. The summed E-state index contributed by atoms with van der Waals surface area (Å²) in [4.78, 5) is 34.1. The molecule has 1 aromatic carbocycles. The number of alkyl halides is 3. The number of rotatable bonds is 8. The summed E-state index contributed by atoms with van der Waals surface area (Å²) in [5.41, 5.74) is -1.13. The van der Waals surface area contributed by atoms with Gasteiger partial charge in [-0.1, -0.05) is 6.07 Å². The molecule has 10 nitrogen and oxygen atoms in total. The Labute approximate surface area is 199 Å². The molecule has 0 atom stereocenters. The summed E-state index contributed by atoms with van der Waals surface area (Å²) in [6, 6.07) is 5.62. The van der Waals surface area contributed by atoms with Gasteiger partial charge in [0.05, 0.1) is 12.7 Å². The first-order valence-corrected chi connectivity index (χ1v) is 10.5. The highest BCUT2D eigenvalue weighted by Gasteiger charge is 2.31. The molecule has 0 fully saturated rings. The van der Waals surface area contributed by atoms with Crippen LogP contribution >= 0.6 is 0 Å². The zero-order chi connectivity index (χ0) is 26.0. The molecule has 36 heavy (non-hydrogen) atoms. The number of halogens is 4. The molecule has 0 unspecified atom stereocenters. The lowest BCUT2D eigenvalue weighted by molar-refractivity contribution is -0.274. The van der Waals surface area contributed by atoms with Crippen molar-refractivity contribution in [2.45, 2.75) is 25.9 Å². The highest BCUT2D eigenvalue weighted by atomic mass is 19.4. The van der Waals surface area contributed by atoms with Crippen molar-refractivity contribution in [3.63, 3.8) is 0 Å². The van der Waals surface area contributed by atoms with Crippen LogP contribution in [0.5, 0.6) is 17.5 Å². The molecule has 0 saturated carbocycles. The fourth-order valence-corrected chi connectivity index (χ4v) is 3.58. The zero-order valence-corrected chi connectivity index (χ0v) is 18.8. The van der Waals surface area contributed by atoms with E-state index in [2.05, 4.69) is 14.7 Å². The van der Waals surface area contributed by atoms with Gasteiger partial charge in [-0.2, -0.15) is 4.98 Å². The molecule has 2 N–H and O–H groups in total. The summed E-state index contributed by atoms with van der Waals surface area (Å²) in [5.74, 6) is -1.26. The smallest absolute Gasteiger partial charge is 0.445 e. The first kappa shape index (κ1) is 24.9. The molecule has 0 aliphatic carbocycles. The van der Waals surface area contributed by atoms with Crippen molar-refractivity contribution >= 4 is 11.2 Å². The third kappa shape index (κ3) is 5.22. The summed E-state index contributed by atoms with van der Waals surface area (Å²) in [6.45, 7) is -0.168. The molecule has 4 aromatic rings. The topological polar surface area (TPSA) is 116 Å². The van der Waals surface area contributed by atoms with Crippen molar-refractivity contribution in [2.24, 2.45) is 7.05 Å². The average molecular weight is 510 g/mol. The fraction of sp³-hybridized carbons (Fsp3) is 0.273. The number of fused-ring (bicyclic) bond motifs is 1. The van der Waals surface area contributed by atoms with E-state index in [0.717, 1.165) is 27.5 Å². The van der Waals surface area contributed by atoms with Gasteiger partial charge in [-0.15, -0.1) is 13.2 Å². The van der Waals surface area contributed by atoms with E-state index in [1.807, 2.05) is 0 Å². The van der Waals surface area contributed by atoms with Crippen molar-refractivity contribution in [1.29, 1.82) is 0 Å². The molecule has 0 amide bonds. The van der Waals surface area contributed by atoms with E-state index in [1.165, 1.54) is 36.0 Å². The monoisotopic (exact) mass is 510 g/mol. The van der Waals surface area contributed by atoms with Gasteiger partial charge in [0.15, 0.2) is 11.2 Å². The van der Waals surface area contributed by atoms with E-state index >= 15 is 0 Å². The first-order valence-electron chi connectivity index (χ1n) is 10.5. The number of imidazole rings is 1. The van der Waals surface area contributed by atoms with Crippen molar-refractivity contribution < 1.29 is 32.1 Å². The van der Waals surface area contributed by atoms with Gasteiger partial charge in [0.1, 0.15) is 23.9 Å². The number of benzene rings is 1. The summed E-state index contributed by atoms with van der Waals surface area (Å²) >= 11 is 0. The Morgan fingerprint density at radius 1 is 1.08 bits per heavy atom. The van der Waals surface area contributed by atoms with Crippen LogP contribution in [-0.4, -0.2) is 41.7 Å². The molecule has 0 radical (unpaired) electrons. The van der Waals surface area contributed by atoms with E-state index in [0.29, 0.717) is 5.56 Å². The second-order valence-corrected chi connectivity index (χ2v) is 7.69. The minimum atomic E-state index is -4.92. The Bertz CT molecular complexity index is 1530. The van der Waals surface area contributed by atoms with Crippen LogP contribution in [0, 0.1) is 5.82 Å². The van der Waals surface area contributed by atoms with Gasteiger partial charge in [0.25, 0.3) is 5.56 Å². The number of hydrogen-bond acceptors (Lipinski definition) is 6. The summed E-state index contributed by atoms with van der Waals surface area (Å²) in [7, 11) is 1.39. The lowest BCUT2D eigenvalue weighted by Crippen LogP contribution is -2.39. The van der Waals surface area contributed by atoms with Crippen LogP contribution in [0.15, 0.2) is 52.3 Å². The molecular weight excluding hydrogens is 490 g/mol. The largest absolute Gasteiger partial charge is 0.573 e. The minimum Gasteiger partial charge on any atom is -0.445 e. The third-order valence-corrected chi connectivity index (χ3v) is 5.11. The molecule has 3 aromatic heterocycles. The fourth-order valence-electron chi connectivity index (χ4n) is 3.58. The maximum absolute atomic E-state index is 13.8. The van der Waals surface area contributed by atoms with Gasteiger partial charge in [-0.25, -0.2) is 9.18 Å². The Morgan fingerprint density at radius 2 is 1.83 bits per heavy atom. The van der Waals surface area contributed by atoms with E-state index in [4.69, 9.17) is 9.84 Å². The quantitative estimate of drug-likeness (QED) is 0.265. The zero-order valence-electron chi connectivity index (χ0n) is 18.8. The lowest BCUT2D eigenvalue weighted by Gasteiger charge is -2.12. The highest BCUT2D eigenvalue weighted by Crippen LogP contribution is 2.30. The van der Waals surface area contributed by atoms with Crippen LogP contribution < -0.4 is 20.7 Å². The Hall–Kier alpha value is -4.20. The van der Waals surface area contributed by atoms with E-state index in [9.17, 15) is 27.2 Å². The van der Waals surface area contributed by atoms with Crippen LogP contribution in [0.25, 0.3) is 11.2 Å². The number of ether oxygens (including phenoxy) is 2. The van der Waals surface area contributed by atoms with E-state index in [1.54, 1.807) is 0 Å². The lowest BCUT2D eigenvalue weighted by atomic mass is 10.3. The predicted octanol–water partition coefficient (Wildman–Crippen LogP) is 2.28. The van der Waals surface area contributed by atoms with Gasteiger partial charge in [-0.3, -0.25) is 23.5 Å². The number of nitrogens with zero attached hydrogens (tertiary/aromatic N) is 5. The SMILES string of the molecule is Cn1c(=O)n(CCC[OH2+])c(=O)c2c1nc(Oc1cccc(OC(F)(F)F)c1)n2Cc1cncc(F)c1. The van der Waals surface area contributed by atoms with Crippen LogP contribution in [0.1, 0.15) is 12.0 Å². The second-order valence-electron chi connectivity index (χ2n) is 7.69. The molecule has 0 saturated heterocycles. The van der Waals surface area contributed by atoms with Gasteiger partial charge in [-0.05, 0) is 23.8 Å². The number of hydrogen-bond donors (Lipinski definition) is 0. The number of pyridine rings is 1. The molecule has 3 heterocycles. The molecule has 0 bridgehead atoms. The third-order valence-electron chi connectivity index (χ3n) is 5.11. The molecule has 0 aliphatic rings. The number of aromatic nitrogens is 5. The molecule has 4 rings (SSSR count). The summed E-state index contributed by atoms with van der Waals surface area (Å²) < 4.78 is 64.7. The van der Waals surface area contributed by atoms with Gasteiger partial charge in [0, 0.05) is 32.3 Å². The van der Waals surface area contributed by atoms with Crippen LogP contribution in [-0.2, 0) is 20.1 Å². The molecular formula is C22H20F4N5O5+. The minimum absolute atomic E-state index is 0.00739. The molecule has 0 spiro atoms. The van der Waals surface area contributed by atoms with Gasteiger partial charge >= 0.3 is 18.1 Å². The highest BCUT2D eigenvalue weighted by molar-refractivity contribution is 5.72. The maximum atomic E-state index is 13.8. The van der Waals surface area contributed by atoms with Gasteiger partial charge < -0.3 is 14.6 Å². The van der Waals surface area contributed by atoms with E-state index in [-0.39, 0.29) is 49.0 Å². The van der Waals surface area contributed by atoms with Crippen molar-refractivity contribution in [3.05, 3.63) is 74.9 Å². The Balaban J connectivity index is 1.88. The van der Waals surface area contributed by atoms with Crippen molar-refractivity contribution in [1.82, 2.24) is 23.7 Å². The normalized spacial score (nSPS) is 11.7. The number of aryl methyl sites for hydroxylation is 1. The Morgan fingerprint density at radius 3 is 2.53 bits per heavy atom. The predicted molar refractivity (Wildman–Crippen MR) is 119 cm³/mol. The molecule has 190 valence electrons. The van der Waals surface area contributed by atoms with E-state index < -0.39 is 29.2 Å². The standard InChI is InChI=1S/C22H19F4N5O5/c1-29-18-17(19(33)30(21(29)34)6-3-7-32)31(12-13-8-14(23)11-27-10-13)20(28-18)35-15-4-2-5-16(9-15)36-22(24,25)26/h2,4-5,8-11,32H,3,6-7,12H2,1H3/p+1. The summed E-state index contributed by atoms with van der Waals surface area (Å²) in [6.07, 6.45) is -2.32.